The van der Waals surface area contributed by atoms with Crippen molar-refractivity contribution in [3.8, 4) is 5.75 Å². The molecular weight excluding hydrogens is 442 g/mol. The summed E-state index contributed by atoms with van der Waals surface area (Å²) in [6.07, 6.45) is 9.08. The smallest absolute Gasteiger partial charge is 0.357 e. The molecule has 11 nitrogen and oxygen atoms in total. The third kappa shape index (κ3) is 4.58. The number of ether oxygens (including phenoxy) is 1. The lowest BCUT2D eigenvalue weighted by atomic mass is 10.2. The maximum Gasteiger partial charge on any atom is 0.357 e. The van der Waals surface area contributed by atoms with Gasteiger partial charge in [0.05, 0.1) is 43.8 Å². The maximum absolute atomic E-state index is 13.5. The van der Waals surface area contributed by atoms with Crippen LogP contribution in [0.15, 0.2) is 69.3 Å². The average molecular weight is 463 g/mol. The van der Waals surface area contributed by atoms with Crippen molar-refractivity contribution in [1.82, 2.24) is 18.9 Å². The minimum absolute atomic E-state index is 0.0220. The quantitative estimate of drug-likeness (QED) is 0.290. The first-order chi connectivity index (χ1) is 16.4. The van der Waals surface area contributed by atoms with Gasteiger partial charge in [-0.15, -0.1) is 0 Å². The van der Waals surface area contributed by atoms with Crippen LogP contribution >= 0.6 is 0 Å². The van der Waals surface area contributed by atoms with Crippen molar-refractivity contribution in [3.63, 3.8) is 0 Å². The molecule has 3 heterocycles. The molecule has 0 amide bonds. The summed E-state index contributed by atoms with van der Waals surface area (Å²) in [4.78, 5) is 37.9. The summed E-state index contributed by atoms with van der Waals surface area (Å²) < 4.78 is 13.8. The Labute approximate surface area is 192 Å². The Morgan fingerprint density at radius 3 is 2.41 bits per heavy atom. The summed E-state index contributed by atoms with van der Waals surface area (Å²) in [6, 6.07) is 8.39. The van der Waals surface area contributed by atoms with E-state index in [9.17, 15) is 19.7 Å². The fourth-order valence-corrected chi connectivity index (χ4v) is 3.51. The molecule has 0 N–H and O–H groups in total. The first-order valence-electron chi connectivity index (χ1n) is 10.2. The van der Waals surface area contributed by atoms with E-state index in [1.54, 1.807) is 60.5 Å². The molecule has 0 aliphatic rings. The fourth-order valence-electron chi connectivity index (χ4n) is 3.51. The van der Waals surface area contributed by atoms with Gasteiger partial charge in [0.2, 0.25) is 0 Å². The molecule has 4 rings (SSSR count). The van der Waals surface area contributed by atoms with Crippen LogP contribution in [-0.4, -0.2) is 30.9 Å². The standard InChI is InChI=1S/C23H21N5O6/c1-25-12-17(11-24-25)5-8-20-21(28(31)32)22(29)27(13-16-3-6-19(33-2)7-4-16)23(30)26(20)14-18-9-10-34-15-18/h3-12,15H,13-14H2,1-2H3. The SMILES string of the molecule is COc1ccc(Cn2c(=O)c([N+](=O)[O-])c(C=Cc3cnn(C)c3)n(Cc3ccoc3)c2=O)cc1. The number of rotatable bonds is 8. The number of methoxy groups -OCH3 is 1. The zero-order chi connectivity index (χ0) is 24.2. The van der Waals surface area contributed by atoms with Crippen LogP contribution in [0.2, 0.25) is 0 Å². The average Bonchev–Trinajstić information content (AvgIpc) is 3.49. The predicted octanol–water partition coefficient (Wildman–Crippen LogP) is 2.52. The first-order valence-corrected chi connectivity index (χ1v) is 10.2. The van der Waals surface area contributed by atoms with Gasteiger partial charge in [-0.2, -0.15) is 5.10 Å². The maximum atomic E-state index is 13.5. The van der Waals surface area contributed by atoms with Crippen molar-refractivity contribution in [2.75, 3.05) is 7.11 Å². The number of benzene rings is 1. The number of nitrogens with zero attached hydrogens (tertiary/aromatic N) is 5. The third-order valence-corrected chi connectivity index (χ3v) is 5.20. The number of furan rings is 1. The minimum atomic E-state index is -0.986. The van der Waals surface area contributed by atoms with E-state index in [4.69, 9.17) is 9.15 Å². The molecule has 0 spiro atoms. The van der Waals surface area contributed by atoms with Crippen molar-refractivity contribution >= 4 is 17.8 Å². The molecule has 3 aromatic heterocycles. The molecule has 4 aromatic rings. The van der Waals surface area contributed by atoms with Gasteiger partial charge >= 0.3 is 16.9 Å². The summed E-state index contributed by atoms with van der Waals surface area (Å²) in [6.45, 7) is -0.160. The zero-order valence-electron chi connectivity index (χ0n) is 18.5. The molecular formula is C23H21N5O6. The van der Waals surface area contributed by atoms with Gasteiger partial charge in [0.15, 0.2) is 0 Å². The summed E-state index contributed by atoms with van der Waals surface area (Å²) >= 11 is 0. The van der Waals surface area contributed by atoms with Crippen LogP contribution in [0, 0.1) is 10.1 Å². The largest absolute Gasteiger partial charge is 0.497 e. The van der Waals surface area contributed by atoms with E-state index in [0.29, 0.717) is 22.4 Å². The molecule has 0 bridgehead atoms. The van der Waals surface area contributed by atoms with Gasteiger partial charge in [0.1, 0.15) is 11.4 Å². The Hall–Kier alpha value is -4.67. The second-order valence-electron chi connectivity index (χ2n) is 7.51. The monoisotopic (exact) mass is 463 g/mol. The van der Waals surface area contributed by atoms with Gasteiger partial charge in [-0.25, -0.2) is 9.36 Å². The molecule has 1 aromatic carbocycles. The van der Waals surface area contributed by atoms with Gasteiger partial charge in [-0.05, 0) is 35.9 Å². The summed E-state index contributed by atoms with van der Waals surface area (Å²) in [5, 5.41) is 16.1. The van der Waals surface area contributed by atoms with Crippen molar-refractivity contribution in [1.29, 1.82) is 0 Å². The fraction of sp³-hybridized carbons (Fsp3) is 0.174. The Morgan fingerprint density at radius 1 is 1.09 bits per heavy atom. The highest BCUT2D eigenvalue weighted by Crippen LogP contribution is 2.18. The Bertz CT molecular complexity index is 1460. The van der Waals surface area contributed by atoms with Crippen molar-refractivity contribution < 1.29 is 14.1 Å². The Balaban J connectivity index is 1.90. The van der Waals surface area contributed by atoms with Crippen molar-refractivity contribution in [2.24, 2.45) is 7.05 Å². The minimum Gasteiger partial charge on any atom is -0.497 e. The first kappa shape index (κ1) is 22.5. The normalized spacial score (nSPS) is 11.2. The van der Waals surface area contributed by atoms with Crippen molar-refractivity contribution in [3.05, 3.63) is 109 Å². The van der Waals surface area contributed by atoms with E-state index in [1.165, 1.54) is 30.3 Å². The van der Waals surface area contributed by atoms with Gasteiger partial charge in [0.25, 0.3) is 0 Å². The van der Waals surface area contributed by atoms with Crippen LogP contribution in [-0.2, 0) is 20.1 Å². The molecule has 11 heteroatoms. The van der Waals surface area contributed by atoms with E-state index in [0.717, 1.165) is 4.57 Å². The number of hydrogen-bond acceptors (Lipinski definition) is 7. The molecule has 0 atom stereocenters. The van der Waals surface area contributed by atoms with Gasteiger partial charge in [0, 0.05) is 24.4 Å². The van der Waals surface area contributed by atoms with Gasteiger partial charge < -0.3 is 9.15 Å². The molecule has 0 aliphatic heterocycles. The highest BCUT2D eigenvalue weighted by Gasteiger charge is 2.27. The summed E-state index contributed by atoms with van der Waals surface area (Å²) in [5.41, 5.74) is -0.599. The van der Waals surface area contributed by atoms with E-state index >= 15 is 0 Å². The van der Waals surface area contributed by atoms with E-state index in [1.807, 2.05) is 0 Å². The Kier molecular flexibility index (Phi) is 6.26. The van der Waals surface area contributed by atoms with E-state index in [-0.39, 0.29) is 18.8 Å². The van der Waals surface area contributed by atoms with Crippen LogP contribution in [0.3, 0.4) is 0 Å². The number of hydrogen-bond donors (Lipinski definition) is 0. The molecule has 0 saturated heterocycles. The van der Waals surface area contributed by atoms with Gasteiger partial charge in [-0.3, -0.25) is 24.2 Å². The molecule has 0 fully saturated rings. The molecule has 34 heavy (non-hydrogen) atoms. The number of nitro groups is 1. The van der Waals surface area contributed by atoms with Crippen LogP contribution in [0.1, 0.15) is 22.4 Å². The molecule has 174 valence electrons. The highest BCUT2D eigenvalue weighted by molar-refractivity contribution is 5.71. The van der Waals surface area contributed by atoms with Crippen LogP contribution in [0.25, 0.3) is 12.2 Å². The number of aryl methyl sites for hydroxylation is 1. The second kappa shape index (κ2) is 9.45. The lowest BCUT2D eigenvalue weighted by Gasteiger charge is -2.14. The topological polar surface area (TPSA) is 127 Å². The predicted molar refractivity (Wildman–Crippen MR) is 124 cm³/mol. The van der Waals surface area contributed by atoms with E-state index in [2.05, 4.69) is 5.10 Å². The summed E-state index contributed by atoms with van der Waals surface area (Å²) in [7, 11) is 3.25. The van der Waals surface area contributed by atoms with Gasteiger partial charge in [-0.1, -0.05) is 12.1 Å². The Morgan fingerprint density at radius 2 is 1.82 bits per heavy atom. The second-order valence-corrected chi connectivity index (χ2v) is 7.51. The van der Waals surface area contributed by atoms with Crippen LogP contribution in [0.5, 0.6) is 5.75 Å². The summed E-state index contributed by atoms with van der Waals surface area (Å²) in [5.74, 6) is 0.607. The van der Waals surface area contributed by atoms with Crippen LogP contribution in [0.4, 0.5) is 5.69 Å². The third-order valence-electron chi connectivity index (χ3n) is 5.20. The molecule has 0 unspecified atom stereocenters. The highest BCUT2D eigenvalue weighted by atomic mass is 16.6. The van der Waals surface area contributed by atoms with Crippen LogP contribution < -0.4 is 16.0 Å². The van der Waals surface area contributed by atoms with Crippen molar-refractivity contribution in [2.45, 2.75) is 13.1 Å². The molecule has 0 aliphatic carbocycles. The lowest BCUT2D eigenvalue weighted by molar-refractivity contribution is -0.387. The molecule has 0 radical (unpaired) electrons. The molecule has 0 saturated carbocycles. The zero-order valence-corrected chi connectivity index (χ0v) is 18.5. The lowest BCUT2D eigenvalue weighted by Crippen LogP contribution is -2.42. The number of aromatic nitrogens is 4. The van der Waals surface area contributed by atoms with E-state index < -0.39 is 21.9 Å².